The first-order valence-corrected chi connectivity index (χ1v) is 8.94. The Morgan fingerprint density at radius 3 is 2.75 bits per heavy atom. The van der Waals surface area contributed by atoms with E-state index in [1.165, 1.54) is 11.3 Å². The molecule has 1 aromatic rings. The average molecular weight is 332 g/mol. The molecule has 0 aromatic heterocycles. The quantitative estimate of drug-likeness (QED) is 0.829. The second-order valence-corrected chi connectivity index (χ2v) is 6.87. The van der Waals surface area contributed by atoms with Crippen LogP contribution in [0.5, 0.6) is 0 Å². The zero-order valence-electron chi connectivity index (χ0n) is 14.7. The molecule has 24 heavy (non-hydrogen) atoms. The molecule has 0 N–H and O–H groups in total. The van der Waals surface area contributed by atoms with Crippen molar-refractivity contribution in [3.05, 3.63) is 29.8 Å². The molecule has 0 saturated carbocycles. The van der Waals surface area contributed by atoms with E-state index in [2.05, 4.69) is 43.0 Å². The summed E-state index contributed by atoms with van der Waals surface area (Å²) < 4.78 is 11.1. The Kier molecular flexibility index (Phi) is 5.74. The van der Waals surface area contributed by atoms with Gasteiger partial charge in [0, 0.05) is 38.0 Å². The summed E-state index contributed by atoms with van der Waals surface area (Å²) >= 11 is 0. The molecular formula is C19H28N2O3. The number of benzene rings is 1. The number of piperazine rings is 1. The van der Waals surface area contributed by atoms with Crippen molar-refractivity contribution >= 4 is 11.6 Å². The zero-order valence-corrected chi connectivity index (χ0v) is 14.7. The van der Waals surface area contributed by atoms with Gasteiger partial charge in [-0.2, -0.15) is 0 Å². The van der Waals surface area contributed by atoms with E-state index in [9.17, 15) is 4.79 Å². The molecule has 1 aromatic carbocycles. The fourth-order valence-electron chi connectivity index (χ4n) is 3.45. The largest absolute Gasteiger partial charge is 0.376 e. The molecule has 0 spiro atoms. The maximum absolute atomic E-state index is 12.4. The van der Waals surface area contributed by atoms with Crippen LogP contribution in [0.4, 0.5) is 5.69 Å². The summed E-state index contributed by atoms with van der Waals surface area (Å²) in [7, 11) is 0. The molecule has 1 amide bonds. The van der Waals surface area contributed by atoms with Crippen LogP contribution < -0.4 is 4.90 Å². The lowest BCUT2D eigenvalue weighted by atomic mass is 10.1. The lowest BCUT2D eigenvalue weighted by molar-refractivity contribution is -0.139. The Bertz CT molecular complexity index is 540. The Morgan fingerprint density at radius 1 is 1.29 bits per heavy atom. The number of hydrogen-bond acceptors (Lipinski definition) is 4. The molecule has 132 valence electrons. The van der Waals surface area contributed by atoms with Crippen molar-refractivity contribution in [2.45, 2.75) is 38.8 Å². The molecule has 5 nitrogen and oxygen atoms in total. The maximum Gasteiger partial charge on any atom is 0.248 e. The molecule has 2 heterocycles. The summed E-state index contributed by atoms with van der Waals surface area (Å²) in [4.78, 5) is 16.7. The molecule has 2 saturated heterocycles. The van der Waals surface area contributed by atoms with Crippen LogP contribution in [0, 0.1) is 6.92 Å². The van der Waals surface area contributed by atoms with Crippen LogP contribution >= 0.6 is 0 Å². The van der Waals surface area contributed by atoms with Gasteiger partial charge in [-0.1, -0.05) is 17.7 Å². The van der Waals surface area contributed by atoms with Crippen LogP contribution in [0.15, 0.2) is 24.3 Å². The van der Waals surface area contributed by atoms with Gasteiger partial charge < -0.3 is 19.3 Å². The second kappa shape index (κ2) is 7.99. The number of aryl methyl sites for hydroxylation is 1. The minimum atomic E-state index is 0.0871. The third-order valence-electron chi connectivity index (χ3n) is 4.90. The number of anilines is 1. The van der Waals surface area contributed by atoms with E-state index in [4.69, 9.17) is 9.47 Å². The summed E-state index contributed by atoms with van der Waals surface area (Å²) in [6.07, 6.45) is 2.31. The first-order valence-electron chi connectivity index (χ1n) is 8.94. The van der Waals surface area contributed by atoms with Crippen LogP contribution in [0.1, 0.15) is 25.3 Å². The van der Waals surface area contributed by atoms with Gasteiger partial charge in [0.05, 0.1) is 12.7 Å². The highest BCUT2D eigenvalue weighted by Crippen LogP contribution is 2.20. The van der Waals surface area contributed by atoms with Gasteiger partial charge in [-0.15, -0.1) is 0 Å². The molecular weight excluding hydrogens is 304 g/mol. The molecule has 5 heteroatoms. The van der Waals surface area contributed by atoms with E-state index < -0.39 is 0 Å². The van der Waals surface area contributed by atoms with E-state index in [0.29, 0.717) is 6.61 Å². The average Bonchev–Trinajstić information content (AvgIpc) is 3.08. The molecule has 0 unspecified atom stereocenters. The summed E-state index contributed by atoms with van der Waals surface area (Å²) in [6.45, 7) is 8.19. The van der Waals surface area contributed by atoms with Crippen LogP contribution in [-0.2, 0) is 14.3 Å². The molecule has 3 rings (SSSR count). The fourth-order valence-corrected chi connectivity index (χ4v) is 3.45. The number of carbonyl (C=O) groups excluding carboxylic acids is 1. The topological polar surface area (TPSA) is 42.0 Å². The van der Waals surface area contributed by atoms with E-state index in [1.54, 1.807) is 0 Å². The third-order valence-corrected chi connectivity index (χ3v) is 4.90. The predicted octanol–water partition coefficient (Wildman–Crippen LogP) is 2.23. The SMILES string of the molecule is Cc1ccc(N2CCN(C(=O)COC[C@@H]3CCCO3)[C@H](C)C2)cc1. The number of carbonyl (C=O) groups is 1. The standard InChI is InChI=1S/C19H28N2O3/c1-15-5-7-17(8-6-15)20-9-10-21(16(2)12-20)19(22)14-23-13-18-4-3-11-24-18/h5-8,16,18H,3-4,9-14H2,1-2H3/t16-,18+/m1/s1. The highest BCUT2D eigenvalue weighted by molar-refractivity contribution is 5.78. The van der Waals surface area contributed by atoms with Gasteiger partial charge in [0.15, 0.2) is 0 Å². The maximum atomic E-state index is 12.4. The summed E-state index contributed by atoms with van der Waals surface area (Å²) in [5, 5.41) is 0. The highest BCUT2D eigenvalue weighted by Gasteiger charge is 2.27. The minimum Gasteiger partial charge on any atom is -0.376 e. The van der Waals surface area contributed by atoms with E-state index >= 15 is 0 Å². The molecule has 0 aliphatic carbocycles. The highest BCUT2D eigenvalue weighted by atomic mass is 16.5. The monoisotopic (exact) mass is 332 g/mol. The second-order valence-electron chi connectivity index (χ2n) is 6.87. The van der Waals surface area contributed by atoms with Crippen LogP contribution in [-0.4, -0.2) is 62.4 Å². The van der Waals surface area contributed by atoms with E-state index in [1.807, 2.05) is 4.90 Å². The Morgan fingerprint density at radius 2 is 2.08 bits per heavy atom. The number of nitrogens with zero attached hydrogens (tertiary/aromatic N) is 2. The first-order chi connectivity index (χ1) is 11.6. The van der Waals surface area contributed by atoms with Gasteiger partial charge in [-0.05, 0) is 38.8 Å². The zero-order chi connectivity index (χ0) is 16.9. The molecule has 2 aliphatic rings. The Hall–Kier alpha value is -1.59. The normalized spacial score (nSPS) is 24.4. The lowest BCUT2D eigenvalue weighted by Gasteiger charge is -2.41. The number of hydrogen-bond donors (Lipinski definition) is 0. The van der Waals surface area contributed by atoms with Crippen molar-refractivity contribution in [2.24, 2.45) is 0 Å². The summed E-state index contributed by atoms with van der Waals surface area (Å²) in [5.41, 5.74) is 2.50. The van der Waals surface area contributed by atoms with Crippen molar-refractivity contribution < 1.29 is 14.3 Å². The number of amides is 1. The van der Waals surface area contributed by atoms with Crippen molar-refractivity contribution in [2.75, 3.05) is 44.4 Å². The molecule has 0 radical (unpaired) electrons. The van der Waals surface area contributed by atoms with Crippen LogP contribution in [0.3, 0.4) is 0 Å². The van der Waals surface area contributed by atoms with Gasteiger partial charge in [0.1, 0.15) is 6.61 Å². The van der Waals surface area contributed by atoms with Crippen molar-refractivity contribution in [1.82, 2.24) is 4.90 Å². The number of ether oxygens (including phenoxy) is 2. The number of rotatable bonds is 5. The van der Waals surface area contributed by atoms with E-state index in [0.717, 1.165) is 39.1 Å². The van der Waals surface area contributed by atoms with Gasteiger partial charge in [0.2, 0.25) is 5.91 Å². The Labute approximate surface area is 144 Å². The van der Waals surface area contributed by atoms with Crippen molar-refractivity contribution in [3.8, 4) is 0 Å². The van der Waals surface area contributed by atoms with Crippen molar-refractivity contribution in [3.63, 3.8) is 0 Å². The first kappa shape index (κ1) is 17.2. The third kappa shape index (κ3) is 4.28. The predicted molar refractivity (Wildman–Crippen MR) is 94.4 cm³/mol. The summed E-state index contributed by atoms with van der Waals surface area (Å²) in [6, 6.07) is 8.78. The van der Waals surface area contributed by atoms with Gasteiger partial charge in [0.25, 0.3) is 0 Å². The van der Waals surface area contributed by atoms with Gasteiger partial charge in [-0.3, -0.25) is 4.79 Å². The molecule has 2 atom stereocenters. The molecule has 0 bridgehead atoms. The smallest absolute Gasteiger partial charge is 0.248 e. The van der Waals surface area contributed by atoms with Crippen LogP contribution in [0.2, 0.25) is 0 Å². The lowest BCUT2D eigenvalue weighted by Crippen LogP contribution is -2.55. The van der Waals surface area contributed by atoms with Crippen LogP contribution in [0.25, 0.3) is 0 Å². The van der Waals surface area contributed by atoms with Gasteiger partial charge in [-0.25, -0.2) is 0 Å². The fraction of sp³-hybridized carbons (Fsp3) is 0.632. The minimum absolute atomic E-state index is 0.0871. The van der Waals surface area contributed by atoms with Gasteiger partial charge >= 0.3 is 0 Å². The van der Waals surface area contributed by atoms with Crippen molar-refractivity contribution in [1.29, 1.82) is 0 Å². The molecule has 2 aliphatic heterocycles. The van der Waals surface area contributed by atoms with E-state index in [-0.39, 0.29) is 24.7 Å². The Balaban J connectivity index is 1.46. The molecule has 2 fully saturated rings. The summed E-state index contributed by atoms with van der Waals surface area (Å²) in [5.74, 6) is 0.0871.